The fourth-order valence-corrected chi connectivity index (χ4v) is 3.53. The SMILES string of the molecule is O=C(CCC(=O)N1CCc2noc(-c3ccc(Cl)cc3)c2C1)c1ccccc1. The smallest absolute Gasteiger partial charge is 0.223 e. The van der Waals surface area contributed by atoms with E-state index in [1.54, 1.807) is 29.2 Å². The number of halogens is 1. The minimum atomic E-state index is -0.0295. The molecule has 3 aromatic rings. The molecular weight excluding hydrogens is 376 g/mol. The quantitative estimate of drug-likeness (QED) is 0.596. The third-order valence-corrected chi connectivity index (χ3v) is 5.21. The van der Waals surface area contributed by atoms with E-state index in [4.69, 9.17) is 16.1 Å². The van der Waals surface area contributed by atoms with E-state index < -0.39 is 0 Å². The van der Waals surface area contributed by atoms with Crippen LogP contribution in [0.4, 0.5) is 0 Å². The third-order valence-electron chi connectivity index (χ3n) is 4.96. The van der Waals surface area contributed by atoms with Crippen molar-refractivity contribution in [1.29, 1.82) is 0 Å². The maximum atomic E-state index is 12.7. The molecule has 0 aliphatic carbocycles. The van der Waals surface area contributed by atoms with Gasteiger partial charge in [-0.1, -0.05) is 47.1 Å². The van der Waals surface area contributed by atoms with Gasteiger partial charge in [0.15, 0.2) is 11.5 Å². The van der Waals surface area contributed by atoms with Crippen molar-refractivity contribution in [3.63, 3.8) is 0 Å². The normalized spacial score (nSPS) is 13.2. The number of carbonyl (C=O) groups is 2. The van der Waals surface area contributed by atoms with Gasteiger partial charge in [-0.05, 0) is 24.3 Å². The molecule has 0 atom stereocenters. The van der Waals surface area contributed by atoms with E-state index in [0.717, 1.165) is 16.8 Å². The minimum absolute atomic E-state index is 0.0153. The summed E-state index contributed by atoms with van der Waals surface area (Å²) < 4.78 is 5.54. The highest BCUT2D eigenvalue weighted by molar-refractivity contribution is 6.30. The largest absolute Gasteiger partial charge is 0.356 e. The number of carbonyl (C=O) groups excluding carboxylic acids is 2. The summed E-state index contributed by atoms with van der Waals surface area (Å²) in [4.78, 5) is 26.7. The van der Waals surface area contributed by atoms with Crippen LogP contribution in [0.15, 0.2) is 59.1 Å². The molecule has 0 unspecified atom stereocenters. The van der Waals surface area contributed by atoms with Crippen LogP contribution in [-0.2, 0) is 17.8 Å². The number of fused-ring (bicyclic) bond motifs is 1. The summed E-state index contributed by atoms with van der Waals surface area (Å²) in [5.74, 6) is 0.626. The van der Waals surface area contributed by atoms with Crippen LogP contribution in [0.25, 0.3) is 11.3 Å². The molecule has 0 saturated carbocycles. The molecule has 2 aromatic carbocycles. The Kier molecular flexibility index (Phi) is 5.26. The molecule has 0 N–H and O–H groups in total. The summed E-state index contributed by atoms with van der Waals surface area (Å²) in [6, 6.07) is 16.4. The lowest BCUT2D eigenvalue weighted by Crippen LogP contribution is -2.36. The number of hydrogen-bond donors (Lipinski definition) is 0. The zero-order chi connectivity index (χ0) is 19.5. The minimum Gasteiger partial charge on any atom is -0.356 e. The van der Waals surface area contributed by atoms with Gasteiger partial charge in [0.2, 0.25) is 5.91 Å². The summed E-state index contributed by atoms with van der Waals surface area (Å²) in [5.41, 5.74) is 3.33. The van der Waals surface area contributed by atoms with Crippen molar-refractivity contribution in [2.24, 2.45) is 0 Å². The number of nitrogens with zero attached hydrogens (tertiary/aromatic N) is 2. The van der Waals surface area contributed by atoms with Crippen LogP contribution in [0, 0.1) is 0 Å². The van der Waals surface area contributed by atoms with Gasteiger partial charge in [-0.3, -0.25) is 9.59 Å². The Bertz CT molecular complexity index is 996. The topological polar surface area (TPSA) is 63.4 Å². The van der Waals surface area contributed by atoms with Crippen LogP contribution in [0.1, 0.15) is 34.5 Å². The van der Waals surface area contributed by atoms with E-state index in [1.807, 2.05) is 30.3 Å². The third kappa shape index (κ3) is 3.85. The Morgan fingerprint density at radius 2 is 1.79 bits per heavy atom. The summed E-state index contributed by atoms with van der Waals surface area (Å²) in [6.45, 7) is 1.02. The molecule has 0 saturated heterocycles. The van der Waals surface area contributed by atoms with Gasteiger partial charge in [0.05, 0.1) is 12.2 Å². The molecule has 0 fully saturated rings. The summed E-state index contributed by atoms with van der Waals surface area (Å²) in [6.07, 6.45) is 1.05. The first-order valence-electron chi connectivity index (χ1n) is 9.21. The van der Waals surface area contributed by atoms with Crippen molar-refractivity contribution < 1.29 is 14.1 Å². The van der Waals surface area contributed by atoms with Crippen molar-refractivity contribution in [2.45, 2.75) is 25.8 Å². The fraction of sp³-hybridized carbons (Fsp3) is 0.227. The average molecular weight is 395 g/mol. The molecule has 6 heteroatoms. The second-order valence-electron chi connectivity index (χ2n) is 6.80. The van der Waals surface area contributed by atoms with Crippen molar-refractivity contribution in [2.75, 3.05) is 6.54 Å². The number of amides is 1. The number of aromatic nitrogens is 1. The number of benzene rings is 2. The van der Waals surface area contributed by atoms with Crippen LogP contribution in [0.3, 0.4) is 0 Å². The maximum Gasteiger partial charge on any atom is 0.223 e. The van der Waals surface area contributed by atoms with E-state index in [0.29, 0.717) is 35.9 Å². The highest BCUT2D eigenvalue weighted by atomic mass is 35.5. The van der Waals surface area contributed by atoms with Crippen LogP contribution >= 0.6 is 11.6 Å². The second kappa shape index (κ2) is 7.98. The molecule has 1 amide bonds. The lowest BCUT2D eigenvalue weighted by atomic mass is 10.0. The number of ketones is 1. The molecule has 1 aliphatic heterocycles. The van der Waals surface area contributed by atoms with E-state index in [2.05, 4.69) is 5.16 Å². The zero-order valence-corrected chi connectivity index (χ0v) is 16.0. The monoisotopic (exact) mass is 394 g/mol. The molecular formula is C22H19ClN2O3. The Labute approximate surface area is 167 Å². The van der Waals surface area contributed by atoms with E-state index in [1.165, 1.54) is 0 Å². The van der Waals surface area contributed by atoms with Gasteiger partial charge in [0.1, 0.15) is 0 Å². The second-order valence-corrected chi connectivity index (χ2v) is 7.23. The maximum absolute atomic E-state index is 12.7. The summed E-state index contributed by atoms with van der Waals surface area (Å²) in [7, 11) is 0. The van der Waals surface area contributed by atoms with E-state index in [-0.39, 0.29) is 24.5 Å². The summed E-state index contributed by atoms with van der Waals surface area (Å²) in [5, 5.41) is 4.81. The van der Waals surface area contributed by atoms with Gasteiger partial charge in [-0.2, -0.15) is 0 Å². The predicted octanol–water partition coefficient (Wildman–Crippen LogP) is 4.54. The highest BCUT2D eigenvalue weighted by Crippen LogP contribution is 2.31. The van der Waals surface area contributed by atoms with Crippen molar-refractivity contribution >= 4 is 23.3 Å². The molecule has 5 nitrogen and oxygen atoms in total. The Morgan fingerprint density at radius 1 is 1.04 bits per heavy atom. The van der Waals surface area contributed by atoms with Crippen LogP contribution in [0.5, 0.6) is 0 Å². The Hall–Kier alpha value is -2.92. The van der Waals surface area contributed by atoms with Gasteiger partial charge >= 0.3 is 0 Å². The van der Waals surface area contributed by atoms with Crippen molar-refractivity contribution in [3.8, 4) is 11.3 Å². The van der Waals surface area contributed by atoms with Gasteiger partial charge in [0.25, 0.3) is 0 Å². The Balaban J connectivity index is 1.43. The van der Waals surface area contributed by atoms with Gasteiger partial charge in [-0.25, -0.2) is 0 Å². The predicted molar refractivity (Wildman–Crippen MR) is 106 cm³/mol. The lowest BCUT2D eigenvalue weighted by molar-refractivity contribution is -0.132. The molecule has 0 spiro atoms. The molecule has 142 valence electrons. The van der Waals surface area contributed by atoms with Gasteiger partial charge in [-0.15, -0.1) is 0 Å². The molecule has 1 aliphatic rings. The van der Waals surface area contributed by atoms with Crippen molar-refractivity contribution in [3.05, 3.63) is 76.4 Å². The Morgan fingerprint density at radius 3 is 2.54 bits per heavy atom. The highest BCUT2D eigenvalue weighted by Gasteiger charge is 2.27. The zero-order valence-electron chi connectivity index (χ0n) is 15.2. The lowest BCUT2D eigenvalue weighted by Gasteiger charge is -2.26. The van der Waals surface area contributed by atoms with Crippen molar-refractivity contribution in [1.82, 2.24) is 10.1 Å². The molecule has 4 rings (SSSR count). The molecule has 2 heterocycles. The number of Topliss-reactive ketones (excluding diaryl/α,β-unsaturated/α-hetero) is 1. The molecule has 0 bridgehead atoms. The molecule has 1 aromatic heterocycles. The average Bonchev–Trinajstić information content (AvgIpc) is 3.16. The molecule has 0 radical (unpaired) electrons. The molecule has 28 heavy (non-hydrogen) atoms. The summed E-state index contributed by atoms with van der Waals surface area (Å²) >= 11 is 5.96. The standard InChI is InChI=1S/C22H19ClN2O3/c23-17-8-6-16(7-9-17)22-18-14-25(13-12-19(18)24-28-22)21(27)11-10-20(26)15-4-2-1-3-5-15/h1-9H,10-14H2. The van der Waals surface area contributed by atoms with Gasteiger partial charge < -0.3 is 9.42 Å². The van der Waals surface area contributed by atoms with Gasteiger partial charge in [0, 0.05) is 47.5 Å². The number of rotatable bonds is 5. The van der Waals surface area contributed by atoms with E-state index >= 15 is 0 Å². The first kappa shape index (κ1) is 18.4. The number of hydrogen-bond acceptors (Lipinski definition) is 4. The van der Waals surface area contributed by atoms with E-state index in [9.17, 15) is 9.59 Å². The first-order valence-corrected chi connectivity index (χ1v) is 9.59. The van der Waals surface area contributed by atoms with Crippen LogP contribution < -0.4 is 0 Å². The van der Waals surface area contributed by atoms with Crippen LogP contribution in [-0.4, -0.2) is 28.3 Å². The first-order chi connectivity index (χ1) is 13.6. The fourth-order valence-electron chi connectivity index (χ4n) is 3.40. The van der Waals surface area contributed by atoms with Crippen LogP contribution in [0.2, 0.25) is 5.02 Å².